The van der Waals surface area contributed by atoms with Crippen molar-refractivity contribution < 1.29 is 5.11 Å². The number of aliphatic hydroxyl groups excluding tert-OH is 1. The Labute approximate surface area is 120 Å². The van der Waals surface area contributed by atoms with Gasteiger partial charge in [-0.15, -0.1) is 0 Å². The van der Waals surface area contributed by atoms with Crippen molar-refractivity contribution in [2.24, 2.45) is 13.0 Å². The molecule has 5 heteroatoms. The van der Waals surface area contributed by atoms with Gasteiger partial charge >= 0.3 is 0 Å². The van der Waals surface area contributed by atoms with Crippen molar-refractivity contribution in [3.05, 3.63) is 16.4 Å². The zero-order chi connectivity index (χ0) is 13.8. The Balaban J connectivity index is 1.87. The molecule has 0 saturated heterocycles. The molecule has 0 amide bonds. The molecule has 1 heterocycles. The van der Waals surface area contributed by atoms with Crippen molar-refractivity contribution in [2.75, 3.05) is 6.54 Å². The molecule has 2 N–H and O–H groups in total. The third kappa shape index (κ3) is 3.50. The minimum atomic E-state index is -0.144. The Kier molecular flexibility index (Phi) is 5.25. The minimum Gasteiger partial charge on any atom is -0.393 e. The molecule has 1 aromatic rings. The molecule has 2 atom stereocenters. The largest absolute Gasteiger partial charge is 0.393 e. The van der Waals surface area contributed by atoms with Gasteiger partial charge in [0.25, 0.3) is 0 Å². The van der Waals surface area contributed by atoms with E-state index in [0.29, 0.717) is 12.5 Å². The van der Waals surface area contributed by atoms with Gasteiger partial charge in [-0.2, -0.15) is 5.10 Å². The number of aromatic nitrogens is 2. The van der Waals surface area contributed by atoms with Crippen LogP contribution < -0.4 is 5.32 Å². The van der Waals surface area contributed by atoms with Crippen LogP contribution in [0.1, 0.15) is 44.0 Å². The van der Waals surface area contributed by atoms with Crippen LogP contribution in [0.5, 0.6) is 0 Å². The van der Waals surface area contributed by atoms with Crippen LogP contribution in [0.2, 0.25) is 5.02 Å². The van der Waals surface area contributed by atoms with Gasteiger partial charge in [-0.3, -0.25) is 4.68 Å². The second kappa shape index (κ2) is 6.73. The predicted octanol–water partition coefficient (Wildman–Crippen LogP) is 2.28. The lowest BCUT2D eigenvalue weighted by Crippen LogP contribution is -2.33. The Morgan fingerprint density at radius 2 is 2.16 bits per heavy atom. The van der Waals surface area contributed by atoms with E-state index >= 15 is 0 Å². The van der Waals surface area contributed by atoms with E-state index in [1.807, 2.05) is 11.7 Å². The molecule has 1 aliphatic carbocycles. The Morgan fingerprint density at radius 1 is 1.42 bits per heavy atom. The first-order chi connectivity index (χ1) is 9.13. The fourth-order valence-electron chi connectivity index (χ4n) is 2.81. The molecular formula is C14H24ClN3O. The van der Waals surface area contributed by atoms with Crippen LogP contribution in [0.15, 0.2) is 0 Å². The first kappa shape index (κ1) is 14.8. The van der Waals surface area contributed by atoms with Gasteiger partial charge < -0.3 is 10.4 Å². The number of nitrogens with one attached hydrogen (secondary N) is 1. The average molecular weight is 286 g/mol. The maximum atomic E-state index is 9.93. The quantitative estimate of drug-likeness (QED) is 0.873. The van der Waals surface area contributed by atoms with E-state index in [-0.39, 0.29) is 6.10 Å². The van der Waals surface area contributed by atoms with E-state index in [4.69, 9.17) is 11.6 Å². The average Bonchev–Trinajstić information content (AvgIpc) is 2.68. The number of nitrogens with zero attached hydrogens (tertiary/aromatic N) is 2. The summed E-state index contributed by atoms with van der Waals surface area (Å²) in [5, 5.41) is 18.5. The molecule has 0 aromatic carbocycles. The number of aliphatic hydroxyl groups is 1. The van der Waals surface area contributed by atoms with Gasteiger partial charge in [0.1, 0.15) is 0 Å². The van der Waals surface area contributed by atoms with Crippen molar-refractivity contribution in [1.82, 2.24) is 15.1 Å². The first-order valence-corrected chi connectivity index (χ1v) is 7.60. The molecule has 0 aliphatic heterocycles. The highest BCUT2D eigenvalue weighted by molar-refractivity contribution is 6.31. The second-order valence-corrected chi connectivity index (χ2v) is 5.81. The summed E-state index contributed by atoms with van der Waals surface area (Å²) in [5.41, 5.74) is 1.99. The van der Waals surface area contributed by atoms with Crippen LogP contribution in [0, 0.1) is 5.92 Å². The van der Waals surface area contributed by atoms with Crippen LogP contribution in [-0.4, -0.2) is 27.5 Å². The number of rotatable bonds is 5. The van der Waals surface area contributed by atoms with Gasteiger partial charge in [0, 0.05) is 20.1 Å². The second-order valence-electron chi connectivity index (χ2n) is 5.43. The fourth-order valence-corrected chi connectivity index (χ4v) is 3.17. The summed E-state index contributed by atoms with van der Waals surface area (Å²) in [5.74, 6) is 0.381. The molecule has 1 fully saturated rings. The first-order valence-electron chi connectivity index (χ1n) is 7.22. The van der Waals surface area contributed by atoms with Gasteiger partial charge in [0.15, 0.2) is 0 Å². The third-order valence-electron chi connectivity index (χ3n) is 4.07. The summed E-state index contributed by atoms with van der Waals surface area (Å²) in [7, 11) is 1.93. The smallest absolute Gasteiger partial charge is 0.0863 e. The fraction of sp³-hybridized carbons (Fsp3) is 0.786. The molecule has 1 aliphatic rings. The summed E-state index contributed by atoms with van der Waals surface area (Å²) in [6.45, 7) is 3.62. The topological polar surface area (TPSA) is 50.1 Å². The third-order valence-corrected chi connectivity index (χ3v) is 4.51. The highest BCUT2D eigenvalue weighted by Gasteiger charge is 2.22. The highest BCUT2D eigenvalue weighted by Crippen LogP contribution is 2.24. The molecule has 2 rings (SSSR count). The van der Waals surface area contributed by atoms with Crippen LogP contribution in [0.3, 0.4) is 0 Å². The predicted molar refractivity (Wildman–Crippen MR) is 77.3 cm³/mol. The zero-order valence-electron chi connectivity index (χ0n) is 11.8. The van der Waals surface area contributed by atoms with E-state index in [1.165, 1.54) is 6.42 Å². The van der Waals surface area contributed by atoms with Crippen molar-refractivity contribution in [3.63, 3.8) is 0 Å². The SMILES string of the molecule is CCc1nn(C)c(CNCC2CCCCC2O)c1Cl. The molecule has 0 spiro atoms. The normalized spacial score (nSPS) is 23.8. The highest BCUT2D eigenvalue weighted by atomic mass is 35.5. The summed E-state index contributed by atoms with van der Waals surface area (Å²) < 4.78 is 1.85. The monoisotopic (exact) mass is 285 g/mol. The minimum absolute atomic E-state index is 0.144. The van der Waals surface area contributed by atoms with Crippen molar-refractivity contribution in [2.45, 2.75) is 51.7 Å². The lowest BCUT2D eigenvalue weighted by Gasteiger charge is -2.27. The lowest BCUT2D eigenvalue weighted by atomic mass is 9.86. The standard InChI is InChI=1S/C14H24ClN3O/c1-3-11-14(15)12(18(2)17-11)9-16-8-10-6-4-5-7-13(10)19/h10,13,16,19H,3-9H2,1-2H3. The molecule has 1 saturated carbocycles. The van der Waals surface area contributed by atoms with E-state index in [0.717, 1.165) is 48.6 Å². The number of hydrogen-bond donors (Lipinski definition) is 2. The van der Waals surface area contributed by atoms with Crippen LogP contribution >= 0.6 is 11.6 Å². The zero-order valence-corrected chi connectivity index (χ0v) is 12.6. The Bertz CT molecular complexity index is 419. The molecular weight excluding hydrogens is 262 g/mol. The summed E-state index contributed by atoms with van der Waals surface area (Å²) in [4.78, 5) is 0. The van der Waals surface area contributed by atoms with Crippen molar-refractivity contribution in [1.29, 1.82) is 0 Å². The lowest BCUT2D eigenvalue weighted by molar-refractivity contribution is 0.0694. The van der Waals surface area contributed by atoms with Crippen molar-refractivity contribution >= 4 is 11.6 Å². The molecule has 0 bridgehead atoms. The summed E-state index contributed by atoms with van der Waals surface area (Å²) in [6, 6.07) is 0. The molecule has 0 radical (unpaired) electrons. The van der Waals surface area contributed by atoms with Crippen LogP contribution in [-0.2, 0) is 20.0 Å². The summed E-state index contributed by atoms with van der Waals surface area (Å²) >= 11 is 6.31. The van der Waals surface area contributed by atoms with Crippen molar-refractivity contribution in [3.8, 4) is 0 Å². The van der Waals surface area contributed by atoms with Gasteiger partial charge in [0.2, 0.25) is 0 Å². The van der Waals surface area contributed by atoms with E-state index < -0.39 is 0 Å². The van der Waals surface area contributed by atoms with Gasteiger partial charge in [-0.25, -0.2) is 0 Å². The summed E-state index contributed by atoms with van der Waals surface area (Å²) in [6.07, 6.45) is 5.16. The number of halogens is 1. The molecule has 2 unspecified atom stereocenters. The van der Waals surface area contributed by atoms with Crippen LogP contribution in [0.4, 0.5) is 0 Å². The Morgan fingerprint density at radius 3 is 2.79 bits per heavy atom. The van der Waals surface area contributed by atoms with Crippen LogP contribution in [0.25, 0.3) is 0 Å². The molecule has 1 aromatic heterocycles. The maximum Gasteiger partial charge on any atom is 0.0863 e. The molecule has 108 valence electrons. The molecule has 4 nitrogen and oxygen atoms in total. The Hall–Kier alpha value is -0.580. The van der Waals surface area contributed by atoms with Gasteiger partial charge in [-0.05, 0) is 25.2 Å². The van der Waals surface area contributed by atoms with Gasteiger partial charge in [0.05, 0.1) is 22.5 Å². The molecule has 19 heavy (non-hydrogen) atoms. The van der Waals surface area contributed by atoms with E-state index in [2.05, 4.69) is 17.3 Å². The van der Waals surface area contributed by atoms with E-state index in [9.17, 15) is 5.11 Å². The maximum absolute atomic E-state index is 9.93. The number of aryl methyl sites for hydroxylation is 2. The van der Waals surface area contributed by atoms with Gasteiger partial charge in [-0.1, -0.05) is 31.4 Å². The number of hydrogen-bond acceptors (Lipinski definition) is 3. The van der Waals surface area contributed by atoms with E-state index in [1.54, 1.807) is 0 Å².